The predicted octanol–water partition coefficient (Wildman–Crippen LogP) is 4.59. The highest BCUT2D eigenvalue weighted by Gasteiger charge is 2.15. The standard InChI is InChI=1S/C31H26N2O6/c34-30(32-16-22-5-11-26-28(14-22)38-18-36-26)24-7-1-20(2-8-24)13-21-3-9-25(10-4-21)31(35)33-17-23-6-12-27-29(15-23)39-19-37-27/h1-12,14-15H,13,16-19H2,(H,32,34)(H,33,35). The third-order valence-electron chi connectivity index (χ3n) is 6.62. The fraction of sp³-hybridized carbons (Fsp3) is 0.161. The van der Waals surface area contributed by atoms with Gasteiger partial charge in [0.25, 0.3) is 11.8 Å². The number of hydrogen-bond donors (Lipinski definition) is 2. The van der Waals surface area contributed by atoms with Gasteiger partial charge in [-0.3, -0.25) is 9.59 Å². The number of ether oxygens (including phenoxy) is 4. The molecule has 6 rings (SSSR count). The van der Waals surface area contributed by atoms with E-state index in [1.54, 1.807) is 0 Å². The van der Waals surface area contributed by atoms with E-state index in [4.69, 9.17) is 18.9 Å². The first kappa shape index (κ1) is 24.4. The summed E-state index contributed by atoms with van der Waals surface area (Å²) in [5.41, 5.74) is 5.20. The van der Waals surface area contributed by atoms with Crippen LogP contribution in [0.2, 0.25) is 0 Å². The van der Waals surface area contributed by atoms with Crippen LogP contribution in [0.25, 0.3) is 0 Å². The Balaban J connectivity index is 0.992. The van der Waals surface area contributed by atoms with Crippen molar-refractivity contribution in [2.75, 3.05) is 13.6 Å². The zero-order chi connectivity index (χ0) is 26.6. The van der Waals surface area contributed by atoms with Gasteiger partial charge in [-0.05, 0) is 77.2 Å². The first-order valence-corrected chi connectivity index (χ1v) is 12.6. The Morgan fingerprint density at radius 2 is 0.897 bits per heavy atom. The predicted molar refractivity (Wildman–Crippen MR) is 143 cm³/mol. The lowest BCUT2D eigenvalue weighted by Gasteiger charge is -2.09. The molecule has 2 N–H and O–H groups in total. The van der Waals surface area contributed by atoms with E-state index in [9.17, 15) is 9.59 Å². The fourth-order valence-corrected chi connectivity index (χ4v) is 4.45. The number of carbonyl (C=O) groups excluding carboxylic acids is 2. The molecule has 2 aliphatic heterocycles. The molecule has 0 radical (unpaired) electrons. The van der Waals surface area contributed by atoms with Crippen molar-refractivity contribution in [3.63, 3.8) is 0 Å². The highest BCUT2D eigenvalue weighted by Crippen LogP contribution is 2.33. The molecule has 0 fully saturated rings. The van der Waals surface area contributed by atoms with Crippen molar-refractivity contribution in [3.8, 4) is 23.0 Å². The smallest absolute Gasteiger partial charge is 0.251 e. The quantitative estimate of drug-likeness (QED) is 0.351. The third-order valence-corrected chi connectivity index (χ3v) is 6.62. The second kappa shape index (κ2) is 10.8. The molecule has 0 aromatic heterocycles. The summed E-state index contributed by atoms with van der Waals surface area (Å²) in [7, 11) is 0. The average molecular weight is 523 g/mol. The number of hydrogen-bond acceptors (Lipinski definition) is 6. The van der Waals surface area contributed by atoms with Gasteiger partial charge in [0.15, 0.2) is 23.0 Å². The van der Waals surface area contributed by atoms with E-state index in [1.165, 1.54) is 0 Å². The highest BCUT2D eigenvalue weighted by atomic mass is 16.7. The molecule has 0 spiro atoms. The van der Waals surface area contributed by atoms with Crippen molar-refractivity contribution in [2.24, 2.45) is 0 Å². The second-order valence-electron chi connectivity index (χ2n) is 9.31. The lowest BCUT2D eigenvalue weighted by Crippen LogP contribution is -2.22. The maximum Gasteiger partial charge on any atom is 0.251 e. The van der Waals surface area contributed by atoms with E-state index < -0.39 is 0 Å². The summed E-state index contributed by atoms with van der Waals surface area (Å²) in [5.74, 6) is 2.54. The largest absolute Gasteiger partial charge is 0.454 e. The highest BCUT2D eigenvalue weighted by molar-refractivity contribution is 5.94. The molecule has 0 bridgehead atoms. The number of carbonyl (C=O) groups is 2. The van der Waals surface area contributed by atoms with Crippen LogP contribution in [0.15, 0.2) is 84.9 Å². The molecule has 0 aliphatic carbocycles. The minimum Gasteiger partial charge on any atom is -0.454 e. The summed E-state index contributed by atoms with van der Waals surface area (Å²) >= 11 is 0. The van der Waals surface area contributed by atoms with Crippen LogP contribution in [-0.2, 0) is 19.5 Å². The monoisotopic (exact) mass is 522 g/mol. The topological polar surface area (TPSA) is 95.1 Å². The zero-order valence-electron chi connectivity index (χ0n) is 21.1. The SMILES string of the molecule is O=C(NCc1ccc2c(c1)OCO2)c1ccc(Cc2ccc(C(=O)NCc3ccc4c(c3)OCO4)cc2)cc1. The number of rotatable bonds is 8. The molecule has 4 aromatic carbocycles. The van der Waals surface area contributed by atoms with Crippen molar-refractivity contribution in [3.05, 3.63) is 118 Å². The van der Waals surface area contributed by atoms with Gasteiger partial charge in [-0.2, -0.15) is 0 Å². The molecule has 0 atom stereocenters. The molecule has 39 heavy (non-hydrogen) atoms. The molecule has 8 nitrogen and oxygen atoms in total. The fourth-order valence-electron chi connectivity index (χ4n) is 4.45. The third kappa shape index (κ3) is 5.65. The van der Waals surface area contributed by atoms with Crippen LogP contribution in [0.3, 0.4) is 0 Å². The Morgan fingerprint density at radius 1 is 0.513 bits per heavy atom. The van der Waals surface area contributed by atoms with Crippen LogP contribution < -0.4 is 29.6 Å². The van der Waals surface area contributed by atoms with Crippen LogP contribution in [0.5, 0.6) is 23.0 Å². The van der Waals surface area contributed by atoms with Gasteiger partial charge in [0.1, 0.15) is 0 Å². The number of benzene rings is 4. The Bertz CT molecular complexity index is 1400. The Labute approximate surface area is 225 Å². The van der Waals surface area contributed by atoms with Gasteiger partial charge >= 0.3 is 0 Å². The van der Waals surface area contributed by atoms with Crippen LogP contribution in [0, 0.1) is 0 Å². The van der Waals surface area contributed by atoms with Gasteiger partial charge in [-0.25, -0.2) is 0 Å². The molecular formula is C31H26N2O6. The van der Waals surface area contributed by atoms with Crippen LogP contribution >= 0.6 is 0 Å². The van der Waals surface area contributed by atoms with Gasteiger partial charge in [0, 0.05) is 24.2 Å². The minimum absolute atomic E-state index is 0.143. The molecule has 0 saturated heterocycles. The number of amides is 2. The minimum atomic E-state index is -0.143. The molecular weight excluding hydrogens is 496 g/mol. The number of fused-ring (bicyclic) bond motifs is 2. The van der Waals surface area contributed by atoms with Crippen LogP contribution in [0.1, 0.15) is 43.0 Å². The molecule has 4 aromatic rings. The Kier molecular flexibility index (Phi) is 6.74. The molecule has 0 unspecified atom stereocenters. The molecule has 8 heteroatoms. The molecule has 2 heterocycles. The Morgan fingerprint density at radius 3 is 1.33 bits per heavy atom. The number of nitrogens with one attached hydrogen (secondary N) is 2. The van der Waals surface area contributed by atoms with E-state index in [2.05, 4.69) is 10.6 Å². The molecule has 2 aliphatic rings. The van der Waals surface area contributed by atoms with Crippen LogP contribution in [-0.4, -0.2) is 25.4 Å². The van der Waals surface area contributed by atoms with Gasteiger partial charge in [-0.1, -0.05) is 36.4 Å². The van der Waals surface area contributed by atoms with E-state index in [1.807, 2.05) is 84.9 Å². The summed E-state index contributed by atoms with van der Waals surface area (Å²) in [6.07, 6.45) is 0.693. The van der Waals surface area contributed by atoms with Crippen molar-refractivity contribution in [2.45, 2.75) is 19.5 Å². The normalized spacial score (nSPS) is 12.7. The maximum absolute atomic E-state index is 12.6. The van der Waals surface area contributed by atoms with Crippen LogP contribution in [0.4, 0.5) is 0 Å². The molecule has 196 valence electrons. The van der Waals surface area contributed by atoms with Crippen molar-refractivity contribution in [1.82, 2.24) is 10.6 Å². The summed E-state index contributed by atoms with van der Waals surface area (Å²) < 4.78 is 21.4. The lowest BCUT2D eigenvalue weighted by molar-refractivity contribution is 0.0943. The van der Waals surface area contributed by atoms with Gasteiger partial charge in [0.2, 0.25) is 13.6 Å². The first-order valence-electron chi connectivity index (χ1n) is 12.6. The zero-order valence-corrected chi connectivity index (χ0v) is 21.1. The van der Waals surface area contributed by atoms with Gasteiger partial charge in [0.05, 0.1) is 0 Å². The summed E-state index contributed by atoms with van der Waals surface area (Å²) in [6, 6.07) is 26.3. The van der Waals surface area contributed by atoms with E-state index >= 15 is 0 Å². The Hall–Kier alpha value is -4.98. The van der Waals surface area contributed by atoms with E-state index in [0.717, 1.165) is 33.8 Å². The average Bonchev–Trinajstić information content (AvgIpc) is 3.64. The van der Waals surface area contributed by atoms with Crippen molar-refractivity contribution < 1.29 is 28.5 Å². The molecule has 2 amide bonds. The molecule has 0 saturated carbocycles. The first-order chi connectivity index (χ1) is 19.1. The summed E-state index contributed by atoms with van der Waals surface area (Å²) in [5, 5.41) is 5.88. The van der Waals surface area contributed by atoms with E-state index in [0.29, 0.717) is 42.1 Å². The summed E-state index contributed by atoms with van der Waals surface area (Å²) in [4.78, 5) is 25.2. The summed E-state index contributed by atoms with van der Waals surface area (Å²) in [6.45, 7) is 1.24. The van der Waals surface area contributed by atoms with Gasteiger partial charge in [-0.15, -0.1) is 0 Å². The van der Waals surface area contributed by atoms with Crippen molar-refractivity contribution in [1.29, 1.82) is 0 Å². The lowest BCUT2D eigenvalue weighted by atomic mass is 10.0. The second-order valence-corrected chi connectivity index (χ2v) is 9.31. The van der Waals surface area contributed by atoms with E-state index in [-0.39, 0.29) is 25.4 Å². The van der Waals surface area contributed by atoms with Gasteiger partial charge < -0.3 is 29.6 Å². The van der Waals surface area contributed by atoms with Crippen molar-refractivity contribution >= 4 is 11.8 Å². The maximum atomic E-state index is 12.6.